The third-order valence-corrected chi connectivity index (χ3v) is 10.9. The number of aromatic amines is 1. The van der Waals surface area contributed by atoms with E-state index < -0.39 is 63.4 Å². The number of piperazine rings is 1. The fourth-order valence-electron chi connectivity index (χ4n) is 8.87. The van der Waals surface area contributed by atoms with Gasteiger partial charge in [-0.25, -0.2) is 18.0 Å². The number of fused-ring (bicyclic) bond motifs is 5. The van der Waals surface area contributed by atoms with Gasteiger partial charge in [-0.2, -0.15) is 28.2 Å². The molecule has 0 spiro atoms. The van der Waals surface area contributed by atoms with Crippen molar-refractivity contribution in [1.29, 1.82) is 0 Å². The molecule has 1 N–H and O–H groups in total. The molecular formula is C36H39F6N7O3. The second kappa shape index (κ2) is 12.1. The quantitative estimate of drug-likeness (QED) is 0.213. The van der Waals surface area contributed by atoms with Gasteiger partial charge in [0, 0.05) is 48.6 Å². The number of benzene rings is 2. The van der Waals surface area contributed by atoms with Gasteiger partial charge in [-0.1, -0.05) is 0 Å². The lowest BCUT2D eigenvalue weighted by Gasteiger charge is -2.42. The number of amides is 1. The first-order valence-corrected chi connectivity index (χ1v) is 17.6. The molecule has 10 nitrogen and oxygen atoms in total. The van der Waals surface area contributed by atoms with Crippen LogP contribution in [-0.4, -0.2) is 98.2 Å². The standard InChI is InChI=1S/C36H39F6N7O3/c1-18-10-19-13-43-46-29(19)26(27(18)36(40,41)42)25-24(38)11-23-30(28(25)39)44-32(51-17-35-8-5-9-48(35)14-20(37)12-35)45-31(23)47-15-21-6-7-22(16-47)49(21)33(50)52-34(2,3)4/h10-11,13,20-22H,5-9,12,14-17H2,1-4H3,(H,43,46)/t20-,21-,22+,35+/m1/s1. The molecule has 16 heteroatoms. The van der Waals surface area contributed by atoms with Gasteiger partial charge in [0.15, 0.2) is 5.82 Å². The summed E-state index contributed by atoms with van der Waals surface area (Å²) in [5.74, 6) is -2.46. The van der Waals surface area contributed by atoms with E-state index in [9.17, 15) is 22.4 Å². The summed E-state index contributed by atoms with van der Waals surface area (Å²) in [6.07, 6.45) is -2.00. The molecule has 52 heavy (non-hydrogen) atoms. The van der Waals surface area contributed by atoms with Gasteiger partial charge in [0.2, 0.25) is 0 Å². The maximum Gasteiger partial charge on any atom is 0.417 e. The molecule has 4 aromatic rings. The summed E-state index contributed by atoms with van der Waals surface area (Å²) in [6, 6.07) is 1.36. The lowest BCUT2D eigenvalue weighted by molar-refractivity contribution is -0.137. The number of nitrogens with zero attached hydrogens (tertiary/aromatic N) is 6. The van der Waals surface area contributed by atoms with Gasteiger partial charge in [0.1, 0.15) is 41.0 Å². The first kappa shape index (κ1) is 34.7. The van der Waals surface area contributed by atoms with E-state index in [1.54, 1.807) is 25.7 Å². The molecule has 4 atom stereocenters. The van der Waals surface area contributed by atoms with Gasteiger partial charge in [0.25, 0.3) is 0 Å². The van der Waals surface area contributed by atoms with Crippen molar-refractivity contribution in [2.45, 2.75) is 95.4 Å². The fourth-order valence-corrected chi connectivity index (χ4v) is 8.87. The van der Waals surface area contributed by atoms with Crippen LogP contribution in [0.5, 0.6) is 6.01 Å². The number of H-pyrrole nitrogens is 1. The van der Waals surface area contributed by atoms with E-state index in [4.69, 9.17) is 9.47 Å². The molecule has 4 fully saturated rings. The normalized spacial score (nSPS) is 25.1. The van der Waals surface area contributed by atoms with Gasteiger partial charge >= 0.3 is 18.3 Å². The third-order valence-electron chi connectivity index (χ3n) is 10.9. The number of aryl methyl sites for hydroxylation is 1. The Labute approximate surface area is 295 Å². The van der Waals surface area contributed by atoms with Crippen LogP contribution in [-0.2, 0) is 10.9 Å². The molecule has 278 valence electrons. The summed E-state index contributed by atoms with van der Waals surface area (Å²) in [6.45, 7) is 8.05. The zero-order valence-corrected chi connectivity index (χ0v) is 29.2. The number of carbonyl (C=O) groups is 1. The Balaban J connectivity index is 1.26. The molecular weight excluding hydrogens is 692 g/mol. The van der Waals surface area contributed by atoms with Gasteiger partial charge in [-0.15, -0.1) is 0 Å². The zero-order valence-electron chi connectivity index (χ0n) is 29.2. The summed E-state index contributed by atoms with van der Waals surface area (Å²) in [7, 11) is 0. The van der Waals surface area contributed by atoms with E-state index >= 15 is 8.78 Å². The van der Waals surface area contributed by atoms with E-state index in [0.29, 0.717) is 25.8 Å². The zero-order chi connectivity index (χ0) is 36.9. The molecule has 8 rings (SSSR count). The molecule has 0 aliphatic carbocycles. The topological polar surface area (TPSA) is 99.7 Å². The van der Waals surface area contributed by atoms with Gasteiger partial charge in [-0.05, 0) is 77.6 Å². The van der Waals surface area contributed by atoms with Gasteiger partial charge < -0.3 is 14.4 Å². The number of halogens is 6. The average Bonchev–Trinajstić information content (AvgIpc) is 3.79. The lowest BCUT2D eigenvalue weighted by atomic mass is 9.91. The van der Waals surface area contributed by atoms with Crippen molar-refractivity contribution in [2.24, 2.45) is 0 Å². The van der Waals surface area contributed by atoms with Gasteiger partial charge in [-0.3, -0.25) is 14.9 Å². The number of nitrogens with one attached hydrogen (secondary N) is 1. The second-order valence-corrected chi connectivity index (χ2v) is 15.6. The Morgan fingerprint density at radius 2 is 1.77 bits per heavy atom. The molecule has 0 unspecified atom stereocenters. The Morgan fingerprint density at radius 1 is 1.04 bits per heavy atom. The van der Waals surface area contributed by atoms with Crippen LogP contribution in [0.15, 0.2) is 18.3 Å². The van der Waals surface area contributed by atoms with Crippen LogP contribution >= 0.6 is 0 Å². The maximum absolute atomic E-state index is 17.0. The third kappa shape index (κ3) is 5.77. The molecule has 1 amide bonds. The molecule has 2 aromatic heterocycles. The van der Waals surface area contributed by atoms with Gasteiger partial charge in [0.05, 0.1) is 28.7 Å². The number of alkyl halides is 4. The summed E-state index contributed by atoms with van der Waals surface area (Å²) < 4.78 is 104. The van der Waals surface area contributed by atoms with Crippen molar-refractivity contribution in [2.75, 3.05) is 37.7 Å². The SMILES string of the molecule is Cc1cc2c[nH]nc2c(-c2c(F)cc3c(N4C[C@H]5CC[C@@H](C4)N5C(=O)OC(C)(C)C)nc(OC[C@@]45CCCN4C[C@H](F)C5)nc3c2F)c1C(F)(F)F. The predicted octanol–water partition coefficient (Wildman–Crippen LogP) is 7.32. The monoisotopic (exact) mass is 731 g/mol. The minimum atomic E-state index is -4.97. The largest absolute Gasteiger partial charge is 0.461 e. The number of ether oxygens (including phenoxy) is 2. The Morgan fingerprint density at radius 3 is 2.46 bits per heavy atom. The van der Waals surface area contributed by atoms with E-state index in [2.05, 4.69) is 20.2 Å². The van der Waals surface area contributed by atoms with Crippen molar-refractivity contribution in [3.05, 3.63) is 41.1 Å². The molecule has 0 radical (unpaired) electrons. The summed E-state index contributed by atoms with van der Waals surface area (Å²) in [4.78, 5) is 27.7. The van der Waals surface area contributed by atoms with Crippen LogP contribution in [0.1, 0.15) is 64.0 Å². The number of hydrogen-bond donors (Lipinski definition) is 1. The summed E-state index contributed by atoms with van der Waals surface area (Å²) in [5.41, 5.74) is -5.12. The molecule has 6 heterocycles. The highest BCUT2D eigenvalue weighted by Crippen LogP contribution is 2.47. The van der Waals surface area contributed by atoms with Crippen molar-refractivity contribution in [1.82, 2.24) is 30.0 Å². The van der Waals surface area contributed by atoms with Crippen LogP contribution in [0.3, 0.4) is 0 Å². The Hall–Kier alpha value is -4.34. The smallest absolute Gasteiger partial charge is 0.417 e. The molecule has 2 aromatic carbocycles. The highest BCUT2D eigenvalue weighted by molar-refractivity contribution is 6.01. The number of hydrogen-bond acceptors (Lipinski definition) is 8. The molecule has 4 aliphatic rings. The first-order chi connectivity index (χ1) is 24.5. The highest BCUT2D eigenvalue weighted by atomic mass is 19.4. The van der Waals surface area contributed by atoms with Crippen LogP contribution in [0.4, 0.5) is 37.0 Å². The minimum absolute atomic E-state index is 0.00963. The van der Waals surface area contributed by atoms with Crippen molar-refractivity contribution < 1.29 is 40.6 Å². The van der Waals surface area contributed by atoms with E-state index in [1.807, 2.05) is 9.80 Å². The highest BCUT2D eigenvalue weighted by Gasteiger charge is 2.50. The van der Waals surface area contributed by atoms with Crippen molar-refractivity contribution in [3.8, 4) is 17.1 Å². The average molecular weight is 732 g/mol. The second-order valence-electron chi connectivity index (χ2n) is 15.6. The van der Waals surface area contributed by atoms with E-state index in [0.717, 1.165) is 12.5 Å². The predicted molar refractivity (Wildman–Crippen MR) is 180 cm³/mol. The number of aromatic nitrogens is 4. The molecule has 4 aliphatic heterocycles. The van der Waals surface area contributed by atoms with Crippen LogP contribution in [0.25, 0.3) is 32.9 Å². The molecule has 2 bridgehead atoms. The summed E-state index contributed by atoms with van der Waals surface area (Å²) in [5, 5.41) is 6.64. The summed E-state index contributed by atoms with van der Waals surface area (Å²) >= 11 is 0. The maximum atomic E-state index is 17.0. The number of anilines is 1. The number of carbonyl (C=O) groups excluding carboxylic acids is 1. The Bertz CT molecular complexity index is 2070. The fraction of sp³-hybridized carbons (Fsp3) is 0.556. The van der Waals surface area contributed by atoms with Crippen LogP contribution in [0, 0.1) is 18.6 Å². The molecule has 0 saturated carbocycles. The Kier molecular flexibility index (Phi) is 8.08. The van der Waals surface area contributed by atoms with Crippen LogP contribution in [0.2, 0.25) is 0 Å². The van der Waals surface area contributed by atoms with E-state index in [-0.39, 0.29) is 78.4 Å². The number of rotatable bonds is 5. The van der Waals surface area contributed by atoms with Crippen LogP contribution < -0.4 is 9.64 Å². The van der Waals surface area contributed by atoms with Crippen molar-refractivity contribution >= 4 is 33.7 Å². The van der Waals surface area contributed by atoms with E-state index in [1.165, 1.54) is 19.2 Å². The molecule has 4 saturated heterocycles. The van der Waals surface area contributed by atoms with Crippen molar-refractivity contribution in [3.63, 3.8) is 0 Å². The lowest BCUT2D eigenvalue weighted by Crippen LogP contribution is -2.57. The minimum Gasteiger partial charge on any atom is -0.461 e. The first-order valence-electron chi connectivity index (χ1n) is 17.6.